The smallest absolute Gasteiger partial charge is 0.0167 e. The van der Waals surface area contributed by atoms with E-state index in [1.165, 1.54) is 38.5 Å². The van der Waals surface area contributed by atoms with Crippen LogP contribution in [0.15, 0.2) is 11.6 Å². The lowest BCUT2D eigenvalue weighted by atomic mass is 9.82. The van der Waals surface area contributed by atoms with Gasteiger partial charge in [-0.2, -0.15) is 0 Å². The molecule has 1 saturated carbocycles. The lowest BCUT2D eigenvalue weighted by Crippen LogP contribution is -2.22. The van der Waals surface area contributed by atoms with E-state index >= 15 is 0 Å². The van der Waals surface area contributed by atoms with Crippen molar-refractivity contribution >= 4 is 0 Å². The Morgan fingerprint density at radius 3 is 2.50 bits per heavy atom. The average molecular weight is 223 g/mol. The first-order valence-corrected chi connectivity index (χ1v) is 7.19. The van der Waals surface area contributed by atoms with Crippen molar-refractivity contribution in [1.82, 2.24) is 5.32 Å². The molecule has 0 aromatic carbocycles. The van der Waals surface area contributed by atoms with Crippen molar-refractivity contribution in [2.24, 2.45) is 11.8 Å². The van der Waals surface area contributed by atoms with E-state index in [1.807, 2.05) is 0 Å². The van der Waals surface area contributed by atoms with E-state index in [9.17, 15) is 0 Å². The Balaban J connectivity index is 2.57. The predicted octanol–water partition coefficient (Wildman–Crippen LogP) is 4.15. The molecule has 1 fully saturated rings. The molecule has 0 saturated heterocycles. The summed E-state index contributed by atoms with van der Waals surface area (Å²) in [6.07, 6.45) is 11.0. The van der Waals surface area contributed by atoms with Crippen LogP contribution in [0.4, 0.5) is 0 Å². The molecular formula is C15H29N. The summed E-state index contributed by atoms with van der Waals surface area (Å²) in [5.74, 6) is 1.62. The fraction of sp³-hybridized carbons (Fsp3) is 0.867. The number of likely N-dealkylation sites (N-methyl/N-ethyl adjacent to an activating group) is 1. The summed E-state index contributed by atoms with van der Waals surface area (Å²) in [5, 5.41) is 3.51. The third kappa shape index (κ3) is 4.69. The molecule has 1 nitrogen and oxygen atoms in total. The zero-order chi connectivity index (χ0) is 11.8. The van der Waals surface area contributed by atoms with Gasteiger partial charge in [-0.1, -0.05) is 58.1 Å². The SMILES string of the molecule is CCNC/C(=C/C(C)CC)C1CCCCC1. The molecule has 1 aliphatic rings. The third-order valence-electron chi connectivity index (χ3n) is 3.85. The van der Waals surface area contributed by atoms with Gasteiger partial charge in [-0.3, -0.25) is 0 Å². The van der Waals surface area contributed by atoms with Crippen LogP contribution < -0.4 is 5.32 Å². The topological polar surface area (TPSA) is 12.0 Å². The molecule has 0 aromatic rings. The Kier molecular flexibility index (Phi) is 6.79. The van der Waals surface area contributed by atoms with Crippen molar-refractivity contribution in [3.63, 3.8) is 0 Å². The van der Waals surface area contributed by atoms with Crippen LogP contribution in [0.1, 0.15) is 59.3 Å². The van der Waals surface area contributed by atoms with Gasteiger partial charge in [-0.15, -0.1) is 0 Å². The average Bonchev–Trinajstić information content (AvgIpc) is 2.35. The largest absolute Gasteiger partial charge is 0.313 e. The van der Waals surface area contributed by atoms with Gasteiger partial charge >= 0.3 is 0 Å². The fourth-order valence-electron chi connectivity index (χ4n) is 2.57. The van der Waals surface area contributed by atoms with Crippen LogP contribution in [-0.4, -0.2) is 13.1 Å². The minimum Gasteiger partial charge on any atom is -0.313 e. The quantitative estimate of drug-likeness (QED) is 0.667. The maximum absolute atomic E-state index is 3.51. The summed E-state index contributed by atoms with van der Waals surface area (Å²) in [5.41, 5.74) is 1.69. The summed E-state index contributed by atoms with van der Waals surface area (Å²) >= 11 is 0. The van der Waals surface area contributed by atoms with Gasteiger partial charge in [-0.05, 0) is 31.2 Å². The zero-order valence-corrected chi connectivity index (χ0v) is 11.4. The second-order valence-electron chi connectivity index (χ2n) is 5.24. The summed E-state index contributed by atoms with van der Waals surface area (Å²) in [7, 11) is 0. The van der Waals surface area contributed by atoms with Gasteiger partial charge in [0.2, 0.25) is 0 Å². The van der Waals surface area contributed by atoms with Gasteiger partial charge in [0.15, 0.2) is 0 Å². The highest BCUT2D eigenvalue weighted by Gasteiger charge is 2.17. The molecule has 16 heavy (non-hydrogen) atoms. The summed E-state index contributed by atoms with van der Waals surface area (Å²) in [4.78, 5) is 0. The first-order chi connectivity index (χ1) is 7.77. The Hall–Kier alpha value is -0.300. The zero-order valence-electron chi connectivity index (χ0n) is 11.4. The van der Waals surface area contributed by atoms with Gasteiger partial charge in [0, 0.05) is 6.54 Å². The third-order valence-corrected chi connectivity index (χ3v) is 3.85. The van der Waals surface area contributed by atoms with Crippen LogP contribution in [0.3, 0.4) is 0 Å². The highest BCUT2D eigenvalue weighted by molar-refractivity contribution is 5.11. The second-order valence-corrected chi connectivity index (χ2v) is 5.24. The first-order valence-electron chi connectivity index (χ1n) is 7.19. The van der Waals surface area contributed by atoms with Crippen molar-refractivity contribution in [3.05, 3.63) is 11.6 Å². The van der Waals surface area contributed by atoms with Crippen molar-refractivity contribution in [1.29, 1.82) is 0 Å². The van der Waals surface area contributed by atoms with Crippen LogP contribution in [-0.2, 0) is 0 Å². The maximum atomic E-state index is 3.51. The van der Waals surface area contributed by atoms with Gasteiger partial charge in [-0.25, -0.2) is 0 Å². The molecule has 0 aliphatic heterocycles. The van der Waals surface area contributed by atoms with Gasteiger partial charge in [0.05, 0.1) is 0 Å². The molecule has 1 N–H and O–H groups in total. The lowest BCUT2D eigenvalue weighted by molar-refractivity contribution is 0.392. The normalized spacial score (nSPS) is 21.1. The minimum atomic E-state index is 0.746. The van der Waals surface area contributed by atoms with E-state index in [2.05, 4.69) is 32.2 Å². The lowest BCUT2D eigenvalue weighted by Gasteiger charge is -2.25. The molecule has 0 heterocycles. The van der Waals surface area contributed by atoms with Crippen molar-refractivity contribution < 1.29 is 0 Å². The Morgan fingerprint density at radius 2 is 1.94 bits per heavy atom. The number of allylic oxidation sites excluding steroid dienone is 1. The highest BCUT2D eigenvalue weighted by atomic mass is 14.8. The Labute approximate surface area is 102 Å². The predicted molar refractivity (Wildman–Crippen MR) is 72.7 cm³/mol. The summed E-state index contributed by atoms with van der Waals surface area (Å²) < 4.78 is 0. The fourth-order valence-corrected chi connectivity index (χ4v) is 2.57. The molecule has 1 heteroatoms. The maximum Gasteiger partial charge on any atom is 0.0167 e. The standard InChI is InChI=1S/C15H29N/c1-4-13(3)11-15(12-16-5-2)14-9-7-6-8-10-14/h11,13-14,16H,4-10,12H2,1-3H3/b15-11-. The minimum absolute atomic E-state index is 0.746. The van der Waals surface area contributed by atoms with Crippen LogP contribution in [0.25, 0.3) is 0 Å². The van der Waals surface area contributed by atoms with Crippen LogP contribution in [0.2, 0.25) is 0 Å². The van der Waals surface area contributed by atoms with E-state index < -0.39 is 0 Å². The highest BCUT2D eigenvalue weighted by Crippen LogP contribution is 2.30. The van der Waals surface area contributed by atoms with Gasteiger partial charge in [0.1, 0.15) is 0 Å². The molecule has 94 valence electrons. The molecule has 0 aromatic heterocycles. The van der Waals surface area contributed by atoms with E-state index in [4.69, 9.17) is 0 Å². The van der Waals surface area contributed by atoms with Gasteiger partial charge in [0.25, 0.3) is 0 Å². The molecule has 1 aliphatic carbocycles. The van der Waals surface area contributed by atoms with Crippen LogP contribution in [0, 0.1) is 11.8 Å². The molecule has 0 radical (unpaired) electrons. The Morgan fingerprint density at radius 1 is 1.25 bits per heavy atom. The van der Waals surface area contributed by atoms with Gasteiger partial charge < -0.3 is 5.32 Å². The van der Waals surface area contributed by atoms with Crippen LogP contribution in [0.5, 0.6) is 0 Å². The number of nitrogens with one attached hydrogen (secondary N) is 1. The molecule has 0 bridgehead atoms. The molecular weight excluding hydrogens is 194 g/mol. The van der Waals surface area contributed by atoms with E-state index in [0.717, 1.165) is 24.9 Å². The molecule has 1 rings (SSSR count). The first kappa shape index (κ1) is 13.8. The van der Waals surface area contributed by atoms with E-state index in [1.54, 1.807) is 5.57 Å². The number of hydrogen-bond donors (Lipinski definition) is 1. The second kappa shape index (κ2) is 7.89. The number of hydrogen-bond acceptors (Lipinski definition) is 1. The summed E-state index contributed by atoms with van der Waals surface area (Å²) in [6.45, 7) is 9.03. The molecule has 1 atom stereocenters. The van der Waals surface area contributed by atoms with Crippen molar-refractivity contribution in [2.45, 2.75) is 59.3 Å². The molecule has 0 spiro atoms. The van der Waals surface area contributed by atoms with Crippen LogP contribution >= 0.6 is 0 Å². The molecule has 0 amide bonds. The van der Waals surface area contributed by atoms with E-state index in [-0.39, 0.29) is 0 Å². The molecule has 1 unspecified atom stereocenters. The monoisotopic (exact) mass is 223 g/mol. The number of rotatable bonds is 6. The van der Waals surface area contributed by atoms with E-state index in [0.29, 0.717) is 0 Å². The van der Waals surface area contributed by atoms with Crippen molar-refractivity contribution in [3.8, 4) is 0 Å². The van der Waals surface area contributed by atoms with Crippen molar-refractivity contribution in [2.75, 3.05) is 13.1 Å². The summed E-state index contributed by atoms with van der Waals surface area (Å²) in [6, 6.07) is 0. The Bertz CT molecular complexity index is 201.